The van der Waals surface area contributed by atoms with Crippen molar-refractivity contribution in [2.24, 2.45) is 7.05 Å². The molecule has 1 fully saturated rings. The fourth-order valence-corrected chi connectivity index (χ4v) is 4.46. The number of hydrogen-bond donors (Lipinski definition) is 0. The summed E-state index contributed by atoms with van der Waals surface area (Å²) in [6.45, 7) is 4.90. The number of piperidine rings is 1. The molecule has 0 aliphatic carbocycles. The second kappa shape index (κ2) is 9.88. The number of likely N-dealkylation sites (tertiary alicyclic amines) is 1. The summed E-state index contributed by atoms with van der Waals surface area (Å²) in [7, 11) is 1.88. The lowest BCUT2D eigenvalue weighted by molar-refractivity contribution is 0.0653. The number of ketones is 1. The Morgan fingerprint density at radius 2 is 1.83 bits per heavy atom. The zero-order chi connectivity index (χ0) is 25.2. The summed E-state index contributed by atoms with van der Waals surface area (Å²) >= 11 is 0. The zero-order valence-corrected chi connectivity index (χ0v) is 20.7. The van der Waals surface area contributed by atoms with E-state index in [-0.39, 0.29) is 30.4 Å². The lowest BCUT2D eigenvalue weighted by Gasteiger charge is -2.31. The predicted molar refractivity (Wildman–Crippen MR) is 133 cm³/mol. The normalized spacial score (nSPS) is 14.5. The molecule has 0 N–H and O–H groups in total. The van der Waals surface area contributed by atoms with Crippen molar-refractivity contribution in [2.75, 3.05) is 13.1 Å². The third-order valence-corrected chi connectivity index (χ3v) is 6.37. The van der Waals surface area contributed by atoms with Crippen molar-refractivity contribution >= 4 is 22.8 Å². The number of carbonyl (C=O) groups excluding carboxylic acids is 2. The molecule has 36 heavy (non-hydrogen) atoms. The van der Waals surface area contributed by atoms with Crippen LogP contribution in [0.4, 0.5) is 4.79 Å². The van der Waals surface area contributed by atoms with Crippen LogP contribution in [-0.2, 0) is 18.2 Å². The number of fused-ring (bicyclic) bond motifs is 1. The predicted octanol–water partition coefficient (Wildman–Crippen LogP) is 3.83. The van der Waals surface area contributed by atoms with Gasteiger partial charge in [-0.25, -0.2) is 4.79 Å². The van der Waals surface area contributed by atoms with Gasteiger partial charge in [-0.2, -0.15) is 20.4 Å². The maximum atomic E-state index is 13.0. The molecule has 0 unspecified atom stereocenters. The number of aryl methyl sites for hydroxylation is 1. The smallest absolute Gasteiger partial charge is 0.410 e. The van der Waals surface area contributed by atoms with Crippen LogP contribution in [0.25, 0.3) is 22.0 Å². The summed E-state index contributed by atoms with van der Waals surface area (Å²) in [6.07, 6.45) is 8.44. The molecule has 0 radical (unpaired) electrons. The first-order valence-corrected chi connectivity index (χ1v) is 12.1. The van der Waals surface area contributed by atoms with E-state index in [0.29, 0.717) is 24.3 Å². The Bertz CT molecular complexity index is 1400. The van der Waals surface area contributed by atoms with Gasteiger partial charge in [0.2, 0.25) is 0 Å². The van der Waals surface area contributed by atoms with Crippen molar-refractivity contribution in [1.29, 1.82) is 0 Å². The summed E-state index contributed by atoms with van der Waals surface area (Å²) in [5.41, 5.74) is 3.98. The van der Waals surface area contributed by atoms with E-state index in [9.17, 15) is 9.59 Å². The van der Waals surface area contributed by atoms with E-state index in [1.165, 1.54) is 0 Å². The largest absolute Gasteiger partial charge is 0.447 e. The van der Waals surface area contributed by atoms with Gasteiger partial charge in [0.1, 0.15) is 0 Å². The zero-order valence-electron chi connectivity index (χ0n) is 20.7. The molecule has 5 rings (SSSR count). The molecule has 1 amide bonds. The van der Waals surface area contributed by atoms with Crippen molar-refractivity contribution in [2.45, 2.75) is 45.3 Å². The molecule has 10 nitrogen and oxygen atoms in total. The molecule has 0 atom stereocenters. The van der Waals surface area contributed by atoms with E-state index < -0.39 is 0 Å². The minimum absolute atomic E-state index is 0.0590. The van der Waals surface area contributed by atoms with E-state index in [0.717, 1.165) is 34.9 Å². The molecule has 1 saturated heterocycles. The van der Waals surface area contributed by atoms with E-state index in [2.05, 4.69) is 20.4 Å². The van der Waals surface area contributed by atoms with Gasteiger partial charge in [0.25, 0.3) is 0 Å². The van der Waals surface area contributed by atoms with Crippen molar-refractivity contribution in [3.63, 3.8) is 0 Å². The average Bonchev–Trinajstić information content (AvgIpc) is 3.53. The summed E-state index contributed by atoms with van der Waals surface area (Å²) in [5.74, 6) is -0.0590. The highest BCUT2D eigenvalue weighted by atomic mass is 16.6. The van der Waals surface area contributed by atoms with Crippen LogP contribution < -0.4 is 0 Å². The van der Waals surface area contributed by atoms with E-state index in [4.69, 9.17) is 4.74 Å². The molecular weight excluding hydrogens is 458 g/mol. The van der Waals surface area contributed by atoms with Crippen LogP contribution in [0, 0.1) is 0 Å². The van der Waals surface area contributed by atoms with Crippen LogP contribution in [0.2, 0.25) is 0 Å². The average molecular weight is 488 g/mol. The van der Waals surface area contributed by atoms with Gasteiger partial charge in [0, 0.05) is 43.5 Å². The van der Waals surface area contributed by atoms with Crippen molar-refractivity contribution in [3.8, 4) is 11.1 Å². The second-order valence-electron chi connectivity index (χ2n) is 9.47. The fourth-order valence-electron chi connectivity index (χ4n) is 4.46. The van der Waals surface area contributed by atoms with Crippen molar-refractivity contribution in [1.82, 2.24) is 34.7 Å². The number of hydrogen-bond acceptors (Lipinski definition) is 7. The second-order valence-corrected chi connectivity index (χ2v) is 9.47. The Morgan fingerprint density at radius 3 is 2.56 bits per heavy atom. The number of amides is 1. The maximum Gasteiger partial charge on any atom is 0.410 e. The molecule has 1 aliphatic rings. The van der Waals surface area contributed by atoms with E-state index in [1.807, 2.05) is 62.2 Å². The van der Waals surface area contributed by atoms with Gasteiger partial charge in [-0.15, -0.1) is 0 Å². The molecular formula is C26H29N7O3. The topological polar surface area (TPSA) is 108 Å². The molecule has 4 heterocycles. The monoisotopic (exact) mass is 487 g/mol. The van der Waals surface area contributed by atoms with Crippen LogP contribution >= 0.6 is 0 Å². The third-order valence-electron chi connectivity index (χ3n) is 6.37. The highest BCUT2D eigenvalue weighted by Gasteiger charge is 2.26. The molecule has 4 aromatic rings. The van der Waals surface area contributed by atoms with Gasteiger partial charge in [0.05, 0.1) is 47.7 Å². The quantitative estimate of drug-likeness (QED) is 0.380. The first-order chi connectivity index (χ1) is 17.4. The molecule has 0 bridgehead atoms. The van der Waals surface area contributed by atoms with Gasteiger partial charge in [-0.05, 0) is 50.5 Å². The number of nitrogens with zero attached hydrogens (tertiary/aromatic N) is 7. The van der Waals surface area contributed by atoms with Crippen molar-refractivity contribution < 1.29 is 14.3 Å². The molecule has 0 saturated carbocycles. The Labute approximate surface area is 208 Å². The van der Waals surface area contributed by atoms with Crippen LogP contribution in [0.1, 0.15) is 48.8 Å². The van der Waals surface area contributed by atoms with Crippen molar-refractivity contribution in [3.05, 3.63) is 60.3 Å². The van der Waals surface area contributed by atoms with Gasteiger partial charge in [-0.3, -0.25) is 14.2 Å². The highest BCUT2D eigenvalue weighted by molar-refractivity contribution is 5.97. The minimum atomic E-state index is -0.274. The van der Waals surface area contributed by atoms with Crippen LogP contribution in [-0.4, -0.2) is 65.7 Å². The minimum Gasteiger partial charge on any atom is -0.447 e. The molecule has 1 aromatic carbocycles. The van der Waals surface area contributed by atoms with Crippen LogP contribution in [0.15, 0.2) is 49.1 Å². The fraction of sp³-hybridized carbons (Fsp3) is 0.385. The van der Waals surface area contributed by atoms with Gasteiger partial charge < -0.3 is 9.64 Å². The Hall–Kier alpha value is -4.08. The standard InChI is InChI=1S/C26H29N7O3/c1-17(2)36-26(35)32-8-6-23(7-9-32)33-16-21(14-28-33)25(34)12-22-11-19-10-18(4-5-24(19)30-29-22)20-13-27-31(3)15-20/h4-5,10-11,13-17,23H,6-9,12H2,1-3H3. The maximum absolute atomic E-state index is 13.0. The van der Waals surface area contributed by atoms with E-state index >= 15 is 0 Å². The number of carbonyl (C=O) groups is 2. The summed E-state index contributed by atoms with van der Waals surface area (Å²) in [6, 6.07) is 8.01. The Morgan fingerprint density at radius 1 is 1.03 bits per heavy atom. The lowest BCUT2D eigenvalue weighted by Crippen LogP contribution is -2.40. The SMILES string of the molecule is CC(C)OC(=O)N1CCC(n2cc(C(=O)Cc3cc4cc(-c5cnn(C)c5)ccc4nn3)cn2)CC1. The summed E-state index contributed by atoms with van der Waals surface area (Å²) < 4.78 is 8.89. The van der Waals surface area contributed by atoms with Crippen LogP contribution in [0.3, 0.4) is 0 Å². The highest BCUT2D eigenvalue weighted by Crippen LogP contribution is 2.25. The number of aromatic nitrogens is 6. The molecule has 3 aromatic heterocycles. The Kier molecular flexibility index (Phi) is 6.49. The third kappa shape index (κ3) is 5.12. The summed E-state index contributed by atoms with van der Waals surface area (Å²) in [5, 5.41) is 18.1. The number of benzene rings is 1. The lowest BCUT2D eigenvalue weighted by atomic mass is 10.0. The van der Waals surface area contributed by atoms with Gasteiger partial charge >= 0.3 is 6.09 Å². The first-order valence-electron chi connectivity index (χ1n) is 12.1. The molecule has 1 aliphatic heterocycles. The Balaban J connectivity index is 1.24. The number of ether oxygens (including phenoxy) is 1. The number of Topliss-reactive ketones (excluding diaryl/α,β-unsaturated/α-hetero) is 1. The first kappa shape index (κ1) is 23.7. The van der Waals surface area contributed by atoms with Crippen LogP contribution in [0.5, 0.6) is 0 Å². The molecule has 0 spiro atoms. The van der Waals surface area contributed by atoms with Gasteiger partial charge in [0.15, 0.2) is 5.78 Å². The molecule has 186 valence electrons. The summed E-state index contributed by atoms with van der Waals surface area (Å²) in [4.78, 5) is 26.8. The van der Waals surface area contributed by atoms with E-state index in [1.54, 1.807) is 22.0 Å². The number of rotatable bonds is 6. The van der Waals surface area contributed by atoms with Gasteiger partial charge in [-0.1, -0.05) is 6.07 Å². The molecule has 10 heteroatoms.